The molecule has 0 unspecified atom stereocenters. The number of aromatic amines is 1. The molecule has 0 radical (unpaired) electrons. The molecule has 1 amide bonds. The Morgan fingerprint density at radius 1 is 1.22 bits per heavy atom. The summed E-state index contributed by atoms with van der Waals surface area (Å²) in [6, 6.07) is 3.87. The van der Waals surface area contributed by atoms with Crippen LogP contribution in [0.15, 0.2) is 36.9 Å². The molecule has 1 aliphatic carbocycles. The first-order valence-electron chi connectivity index (χ1n) is 11.0. The first-order chi connectivity index (χ1) is 15.5. The molecule has 2 aliphatic rings. The molecule has 2 N–H and O–H groups in total. The third-order valence-electron chi connectivity index (χ3n) is 6.84. The van der Waals surface area contributed by atoms with Gasteiger partial charge in [0.15, 0.2) is 0 Å². The molecule has 4 aromatic rings. The third-order valence-corrected chi connectivity index (χ3v) is 6.84. The minimum Gasteiger partial charge on any atom is -0.351 e. The maximum Gasteiger partial charge on any atom is 0.228 e. The lowest BCUT2D eigenvalue weighted by atomic mass is 9.66. The predicted molar refractivity (Wildman–Crippen MR) is 119 cm³/mol. The standard InChI is InChI=1S/C23H24FN7O/c1-23(21(32)30-6-2-3-7-30)8-15(9-23)28-22-27-11-17-16(10-26-20(17)29-22)14-4-5-19-25-12-18(24)31(19)13-14/h4-5,10-13,15H,2-3,6-9H2,1H3,(H2,26,27,28,29). The average Bonchev–Trinajstić information content (AvgIpc) is 3.52. The lowest BCUT2D eigenvalue weighted by Gasteiger charge is -2.45. The van der Waals surface area contributed by atoms with Gasteiger partial charge in [-0.25, -0.2) is 9.97 Å². The predicted octanol–water partition coefficient (Wildman–Crippen LogP) is 3.61. The smallest absolute Gasteiger partial charge is 0.228 e. The molecule has 164 valence electrons. The molecule has 0 bridgehead atoms. The number of hydrogen-bond donors (Lipinski definition) is 2. The van der Waals surface area contributed by atoms with E-state index < -0.39 is 5.95 Å². The number of nitrogens with zero attached hydrogens (tertiary/aromatic N) is 5. The van der Waals surface area contributed by atoms with Crippen LogP contribution in [0.2, 0.25) is 0 Å². The van der Waals surface area contributed by atoms with Crippen molar-refractivity contribution in [2.45, 2.75) is 38.6 Å². The van der Waals surface area contributed by atoms with Crippen LogP contribution in [0.5, 0.6) is 0 Å². The van der Waals surface area contributed by atoms with Crippen molar-refractivity contribution in [3.63, 3.8) is 0 Å². The molecular formula is C23H24FN7O. The second kappa shape index (κ2) is 7.01. The Morgan fingerprint density at radius 3 is 2.84 bits per heavy atom. The Bertz CT molecular complexity index is 1330. The van der Waals surface area contributed by atoms with Gasteiger partial charge in [0.1, 0.15) is 11.3 Å². The number of fused-ring (bicyclic) bond motifs is 2. The van der Waals surface area contributed by atoms with E-state index in [0.717, 1.165) is 55.3 Å². The fourth-order valence-electron chi connectivity index (χ4n) is 5.11. The van der Waals surface area contributed by atoms with Gasteiger partial charge in [0.2, 0.25) is 17.8 Å². The van der Waals surface area contributed by atoms with Gasteiger partial charge in [0, 0.05) is 54.2 Å². The van der Waals surface area contributed by atoms with Crippen molar-refractivity contribution < 1.29 is 9.18 Å². The molecule has 9 heteroatoms. The van der Waals surface area contributed by atoms with Crippen molar-refractivity contribution in [2.75, 3.05) is 18.4 Å². The van der Waals surface area contributed by atoms with Crippen molar-refractivity contribution in [2.24, 2.45) is 5.41 Å². The van der Waals surface area contributed by atoms with Gasteiger partial charge < -0.3 is 15.2 Å². The summed E-state index contributed by atoms with van der Waals surface area (Å²) in [5.74, 6) is 0.424. The van der Waals surface area contributed by atoms with Crippen LogP contribution < -0.4 is 5.32 Å². The number of hydrogen-bond acceptors (Lipinski definition) is 5. The number of carbonyl (C=O) groups is 1. The van der Waals surface area contributed by atoms with Crippen LogP contribution in [0.3, 0.4) is 0 Å². The van der Waals surface area contributed by atoms with Crippen molar-refractivity contribution in [3.8, 4) is 11.1 Å². The summed E-state index contributed by atoms with van der Waals surface area (Å²) in [6.45, 7) is 3.84. The topological polar surface area (TPSA) is 91.2 Å². The van der Waals surface area contributed by atoms with Crippen LogP contribution in [0, 0.1) is 11.4 Å². The fraction of sp³-hybridized carbons (Fsp3) is 0.391. The Morgan fingerprint density at radius 2 is 2.03 bits per heavy atom. The molecular weight excluding hydrogens is 409 g/mol. The summed E-state index contributed by atoms with van der Waals surface area (Å²) in [7, 11) is 0. The van der Waals surface area contributed by atoms with Crippen molar-refractivity contribution >= 4 is 28.5 Å². The first kappa shape index (κ1) is 19.2. The highest BCUT2D eigenvalue weighted by atomic mass is 19.1. The quantitative estimate of drug-likeness (QED) is 0.513. The van der Waals surface area contributed by atoms with E-state index in [4.69, 9.17) is 0 Å². The highest BCUT2D eigenvalue weighted by Crippen LogP contribution is 2.44. The largest absolute Gasteiger partial charge is 0.351 e. The molecule has 6 rings (SSSR count). The van der Waals surface area contributed by atoms with E-state index in [2.05, 4.69) is 32.2 Å². The molecule has 2 fully saturated rings. The molecule has 1 aliphatic heterocycles. The van der Waals surface area contributed by atoms with Crippen LogP contribution in [-0.4, -0.2) is 54.3 Å². The number of amides is 1. The molecule has 4 aromatic heterocycles. The van der Waals surface area contributed by atoms with Gasteiger partial charge in [-0.3, -0.25) is 9.20 Å². The second-order valence-corrected chi connectivity index (χ2v) is 9.19. The van der Waals surface area contributed by atoms with Crippen molar-refractivity contribution in [3.05, 3.63) is 42.9 Å². The Labute approximate surface area is 183 Å². The van der Waals surface area contributed by atoms with Crippen molar-refractivity contribution in [1.82, 2.24) is 29.2 Å². The molecule has 0 spiro atoms. The van der Waals surface area contributed by atoms with Gasteiger partial charge in [-0.05, 0) is 37.8 Å². The number of likely N-dealkylation sites (tertiary alicyclic amines) is 1. The number of rotatable bonds is 4. The van der Waals surface area contributed by atoms with Gasteiger partial charge in [0.05, 0.1) is 11.6 Å². The molecule has 1 saturated heterocycles. The van der Waals surface area contributed by atoms with E-state index in [1.165, 1.54) is 10.6 Å². The van der Waals surface area contributed by atoms with E-state index in [1.54, 1.807) is 18.5 Å². The number of imidazole rings is 1. The SMILES string of the molecule is CC1(C(=O)N2CCCC2)CC(Nc2ncc3c(-c4ccc5ncc(F)n5c4)c[nH]c3n2)C1. The zero-order valence-electron chi connectivity index (χ0n) is 17.8. The number of anilines is 1. The summed E-state index contributed by atoms with van der Waals surface area (Å²) in [6.07, 6.45) is 10.4. The Kier molecular flexibility index (Phi) is 4.21. The van der Waals surface area contributed by atoms with Crippen LogP contribution in [-0.2, 0) is 4.79 Å². The molecule has 0 aromatic carbocycles. The minimum atomic E-state index is -0.403. The number of nitrogens with one attached hydrogen (secondary N) is 2. The zero-order chi connectivity index (χ0) is 21.9. The van der Waals surface area contributed by atoms with E-state index in [0.29, 0.717) is 17.2 Å². The van der Waals surface area contributed by atoms with Gasteiger partial charge in [-0.1, -0.05) is 6.92 Å². The van der Waals surface area contributed by atoms with Gasteiger partial charge >= 0.3 is 0 Å². The molecule has 32 heavy (non-hydrogen) atoms. The average molecular weight is 433 g/mol. The number of carbonyl (C=O) groups excluding carboxylic acids is 1. The maximum absolute atomic E-state index is 13.9. The normalized spacial score (nSPS) is 23.1. The maximum atomic E-state index is 13.9. The lowest BCUT2D eigenvalue weighted by Crippen LogP contribution is -2.53. The van der Waals surface area contributed by atoms with Crippen molar-refractivity contribution in [1.29, 1.82) is 0 Å². The van der Waals surface area contributed by atoms with Gasteiger partial charge in [0.25, 0.3) is 0 Å². The summed E-state index contributed by atoms with van der Waals surface area (Å²) >= 11 is 0. The summed E-state index contributed by atoms with van der Waals surface area (Å²) in [4.78, 5) is 31.1. The highest BCUT2D eigenvalue weighted by molar-refractivity contribution is 5.93. The van der Waals surface area contributed by atoms with Crippen LogP contribution >= 0.6 is 0 Å². The first-order valence-corrected chi connectivity index (χ1v) is 11.0. The molecule has 1 saturated carbocycles. The summed E-state index contributed by atoms with van der Waals surface area (Å²) in [5, 5.41) is 4.23. The van der Waals surface area contributed by atoms with Gasteiger partial charge in [-0.2, -0.15) is 9.37 Å². The number of H-pyrrole nitrogens is 1. The molecule has 5 heterocycles. The van der Waals surface area contributed by atoms with Crippen LogP contribution in [0.4, 0.5) is 10.3 Å². The monoisotopic (exact) mass is 433 g/mol. The van der Waals surface area contributed by atoms with E-state index >= 15 is 0 Å². The minimum absolute atomic E-state index is 0.185. The van der Waals surface area contributed by atoms with Crippen LogP contribution in [0.1, 0.15) is 32.6 Å². The Hall–Kier alpha value is -3.49. The van der Waals surface area contributed by atoms with E-state index in [9.17, 15) is 9.18 Å². The Balaban J connectivity index is 1.19. The number of pyridine rings is 1. The zero-order valence-corrected chi connectivity index (χ0v) is 17.8. The summed E-state index contributed by atoms with van der Waals surface area (Å²) in [5.41, 5.74) is 2.73. The van der Waals surface area contributed by atoms with E-state index in [1.807, 2.05) is 17.2 Å². The van der Waals surface area contributed by atoms with Crippen LogP contribution in [0.25, 0.3) is 27.8 Å². The summed E-state index contributed by atoms with van der Waals surface area (Å²) < 4.78 is 15.3. The fourth-order valence-corrected chi connectivity index (χ4v) is 5.11. The lowest BCUT2D eigenvalue weighted by molar-refractivity contribution is -0.145. The third kappa shape index (κ3) is 3.03. The van der Waals surface area contributed by atoms with E-state index in [-0.39, 0.29) is 17.4 Å². The molecule has 8 nitrogen and oxygen atoms in total. The molecule has 0 atom stereocenters. The van der Waals surface area contributed by atoms with Gasteiger partial charge in [-0.15, -0.1) is 0 Å². The second-order valence-electron chi connectivity index (χ2n) is 9.19. The number of halogens is 1. The highest BCUT2D eigenvalue weighted by Gasteiger charge is 2.48. The number of aromatic nitrogens is 5.